The molecule has 0 spiro atoms. The van der Waals surface area contributed by atoms with Crippen LogP contribution in [0, 0.1) is 17.3 Å². The van der Waals surface area contributed by atoms with E-state index in [4.69, 9.17) is 9.94 Å². The number of methoxy groups -OCH3 is 1. The maximum absolute atomic E-state index is 10.6. The predicted molar refractivity (Wildman–Crippen MR) is 121 cm³/mol. The molecule has 29 heavy (non-hydrogen) atoms. The molecule has 3 atom stereocenters. The van der Waals surface area contributed by atoms with Crippen molar-refractivity contribution < 1.29 is 15.1 Å². The quantitative estimate of drug-likeness (QED) is 0.243. The first-order chi connectivity index (χ1) is 13.8. The van der Waals surface area contributed by atoms with Crippen molar-refractivity contribution in [2.45, 2.75) is 53.4 Å². The molecule has 1 aliphatic carbocycles. The van der Waals surface area contributed by atoms with Crippen molar-refractivity contribution in [1.82, 2.24) is 0 Å². The summed E-state index contributed by atoms with van der Waals surface area (Å²) in [6, 6.07) is 1.69. The van der Waals surface area contributed by atoms with Gasteiger partial charge in [-0.3, -0.25) is 0 Å². The molecule has 0 aliphatic heterocycles. The highest BCUT2D eigenvalue weighted by molar-refractivity contribution is 5.86. The van der Waals surface area contributed by atoms with E-state index in [1.54, 1.807) is 19.3 Å². The number of aromatic hydroxyl groups is 1. The first kappa shape index (κ1) is 22.8. The first-order valence-electron chi connectivity index (χ1n) is 10.3. The summed E-state index contributed by atoms with van der Waals surface area (Å²) >= 11 is 0. The van der Waals surface area contributed by atoms with Crippen LogP contribution in [0.25, 0.3) is 6.08 Å². The lowest BCUT2D eigenvalue weighted by Crippen LogP contribution is -2.30. The Hall–Kier alpha value is -2.49. The van der Waals surface area contributed by atoms with Gasteiger partial charge in [0.2, 0.25) is 0 Å². The molecule has 4 heteroatoms. The summed E-state index contributed by atoms with van der Waals surface area (Å²) in [5, 5.41) is 22.6. The lowest BCUT2D eigenvalue weighted by Gasteiger charge is -2.40. The molecule has 1 fully saturated rings. The number of phenols is 1. The van der Waals surface area contributed by atoms with Gasteiger partial charge in [-0.05, 0) is 49.5 Å². The molecule has 0 radical (unpaired) electrons. The van der Waals surface area contributed by atoms with E-state index >= 15 is 0 Å². The molecule has 0 heterocycles. The number of benzene rings is 1. The van der Waals surface area contributed by atoms with Crippen LogP contribution in [0.1, 0.15) is 63.6 Å². The summed E-state index contributed by atoms with van der Waals surface area (Å²) in [6.45, 7) is 12.9. The molecule has 0 saturated heterocycles. The Morgan fingerprint density at radius 2 is 2.07 bits per heavy atom. The van der Waals surface area contributed by atoms with Crippen LogP contribution in [0.5, 0.6) is 11.5 Å². The number of allylic oxidation sites excluding steroid dienone is 4. The van der Waals surface area contributed by atoms with Gasteiger partial charge >= 0.3 is 0 Å². The molecule has 1 saturated carbocycles. The van der Waals surface area contributed by atoms with Crippen LogP contribution in [0.3, 0.4) is 0 Å². The molecule has 0 amide bonds. The second kappa shape index (κ2) is 9.82. The van der Waals surface area contributed by atoms with Crippen LogP contribution < -0.4 is 4.74 Å². The van der Waals surface area contributed by atoms with Gasteiger partial charge in [-0.15, -0.1) is 0 Å². The second-order valence-electron chi connectivity index (χ2n) is 8.64. The van der Waals surface area contributed by atoms with Crippen LogP contribution >= 0.6 is 0 Å². The minimum absolute atomic E-state index is 0.0555. The first-order valence-corrected chi connectivity index (χ1v) is 10.3. The molecule has 1 aromatic carbocycles. The van der Waals surface area contributed by atoms with Crippen molar-refractivity contribution >= 4 is 12.3 Å². The Balaban J connectivity index is 2.30. The van der Waals surface area contributed by atoms with Crippen LogP contribution in [-0.2, 0) is 6.42 Å². The molecule has 158 valence electrons. The van der Waals surface area contributed by atoms with E-state index in [0.717, 1.165) is 17.1 Å². The zero-order chi connectivity index (χ0) is 21.6. The minimum Gasteiger partial charge on any atom is -0.507 e. The molecular weight excluding hydrogens is 362 g/mol. The molecule has 0 aromatic heterocycles. The molecule has 2 N–H and O–H groups in total. The highest BCUT2D eigenvalue weighted by atomic mass is 16.5. The van der Waals surface area contributed by atoms with Gasteiger partial charge < -0.3 is 15.1 Å². The monoisotopic (exact) mass is 397 g/mol. The van der Waals surface area contributed by atoms with E-state index in [-0.39, 0.29) is 11.2 Å². The van der Waals surface area contributed by atoms with Crippen LogP contribution in [0.4, 0.5) is 0 Å². The fraction of sp³-hybridized carbons (Fsp3) is 0.480. The maximum atomic E-state index is 10.6. The Bertz CT molecular complexity index is 822. The van der Waals surface area contributed by atoms with Crippen LogP contribution in [0.15, 0.2) is 41.6 Å². The number of phenolic OH excluding ortho intramolecular Hbond substituents is 1. The summed E-state index contributed by atoms with van der Waals surface area (Å²) in [7, 11) is 1.58. The molecule has 1 aromatic rings. The number of hydrogen-bond acceptors (Lipinski definition) is 4. The largest absolute Gasteiger partial charge is 0.507 e. The van der Waals surface area contributed by atoms with E-state index in [1.165, 1.54) is 25.5 Å². The van der Waals surface area contributed by atoms with Crippen molar-refractivity contribution in [1.29, 1.82) is 0 Å². The fourth-order valence-corrected chi connectivity index (χ4v) is 4.30. The highest BCUT2D eigenvalue weighted by Crippen LogP contribution is 2.44. The van der Waals surface area contributed by atoms with Gasteiger partial charge in [0.25, 0.3) is 0 Å². The third-order valence-electron chi connectivity index (χ3n) is 6.39. The van der Waals surface area contributed by atoms with Crippen LogP contribution in [0.2, 0.25) is 0 Å². The average Bonchev–Trinajstić information content (AvgIpc) is 2.69. The normalized spacial score (nSPS) is 25.6. The van der Waals surface area contributed by atoms with E-state index < -0.39 is 0 Å². The van der Waals surface area contributed by atoms with Crippen molar-refractivity contribution in [3.05, 3.63) is 53.1 Å². The van der Waals surface area contributed by atoms with Gasteiger partial charge in [-0.1, -0.05) is 68.8 Å². The summed E-state index contributed by atoms with van der Waals surface area (Å²) in [5.41, 5.74) is 3.18. The minimum atomic E-state index is 0.0555. The molecule has 1 aliphatic rings. The van der Waals surface area contributed by atoms with Gasteiger partial charge in [-0.2, -0.15) is 0 Å². The molecule has 1 unspecified atom stereocenters. The zero-order valence-corrected chi connectivity index (χ0v) is 18.4. The molecular formula is C25H35NO3. The van der Waals surface area contributed by atoms with E-state index in [2.05, 4.69) is 57.7 Å². The Labute approximate surface area is 175 Å². The van der Waals surface area contributed by atoms with Crippen molar-refractivity contribution in [2.75, 3.05) is 7.11 Å². The van der Waals surface area contributed by atoms with Gasteiger partial charge in [0.15, 0.2) is 0 Å². The summed E-state index contributed by atoms with van der Waals surface area (Å²) in [4.78, 5) is 0. The molecule has 4 nitrogen and oxygen atoms in total. The average molecular weight is 398 g/mol. The van der Waals surface area contributed by atoms with E-state index in [0.29, 0.717) is 29.2 Å². The summed E-state index contributed by atoms with van der Waals surface area (Å²) in [6.07, 6.45) is 13.8. The van der Waals surface area contributed by atoms with Gasteiger partial charge in [0.05, 0.1) is 13.3 Å². The molecule has 2 rings (SSSR count). The number of hydrogen-bond donors (Lipinski definition) is 2. The van der Waals surface area contributed by atoms with Crippen molar-refractivity contribution in [3.8, 4) is 11.5 Å². The maximum Gasteiger partial charge on any atom is 0.133 e. The van der Waals surface area contributed by atoms with Gasteiger partial charge in [0.1, 0.15) is 11.5 Å². The summed E-state index contributed by atoms with van der Waals surface area (Å²) in [5.74, 6) is 2.08. The second-order valence-corrected chi connectivity index (χ2v) is 8.64. The van der Waals surface area contributed by atoms with Crippen LogP contribution in [-0.4, -0.2) is 23.6 Å². The number of ether oxygens (including phenoxy) is 1. The number of oxime groups is 1. The van der Waals surface area contributed by atoms with Crippen molar-refractivity contribution in [3.63, 3.8) is 0 Å². The topological polar surface area (TPSA) is 62.1 Å². The lowest BCUT2D eigenvalue weighted by atomic mass is 9.65. The SMILES string of the molecule is C=Cc1cc(/C=N/O)c(O)c(C/C=C(C)/C=C/[C@]2(C)CC(C)CC[C@H]2C)c1OC. The lowest BCUT2D eigenvalue weighted by molar-refractivity contribution is 0.146. The Kier molecular flexibility index (Phi) is 7.72. The van der Waals surface area contributed by atoms with Crippen molar-refractivity contribution in [2.24, 2.45) is 22.4 Å². The predicted octanol–water partition coefficient (Wildman–Crippen LogP) is 6.36. The highest BCUT2D eigenvalue weighted by Gasteiger charge is 2.34. The Morgan fingerprint density at radius 3 is 2.69 bits per heavy atom. The Morgan fingerprint density at radius 1 is 1.34 bits per heavy atom. The third kappa shape index (κ3) is 5.31. The zero-order valence-electron chi connectivity index (χ0n) is 18.4. The van der Waals surface area contributed by atoms with E-state index in [9.17, 15) is 5.11 Å². The van der Waals surface area contributed by atoms with E-state index in [1.807, 2.05) is 0 Å². The standard InChI is InChI=1S/C25H35NO3/c1-7-20-14-21(16-26-28)23(27)22(24(20)29-6)11-9-17(2)12-13-25(5)15-18(3)8-10-19(25)4/h7,9,12-14,16,18-19,27-28H,1,8,10-11,15H2,2-6H3/b13-12+,17-9+,26-16+/t18?,19-,25-/m1/s1. The molecule has 0 bridgehead atoms. The fourth-order valence-electron chi connectivity index (χ4n) is 4.30. The number of rotatable bonds is 7. The van der Waals surface area contributed by atoms with Gasteiger partial charge in [-0.25, -0.2) is 0 Å². The number of nitrogens with zero attached hydrogens (tertiary/aromatic N) is 1. The van der Waals surface area contributed by atoms with Gasteiger partial charge in [0, 0.05) is 16.7 Å². The summed E-state index contributed by atoms with van der Waals surface area (Å²) < 4.78 is 5.53. The smallest absolute Gasteiger partial charge is 0.133 e. The third-order valence-corrected chi connectivity index (χ3v) is 6.39.